The van der Waals surface area contributed by atoms with E-state index in [9.17, 15) is 9.59 Å². The van der Waals surface area contributed by atoms with Gasteiger partial charge in [0.1, 0.15) is 6.61 Å². The summed E-state index contributed by atoms with van der Waals surface area (Å²) in [6.07, 6.45) is 4.64. The van der Waals surface area contributed by atoms with Crippen LogP contribution in [0.4, 0.5) is 0 Å². The minimum Gasteiger partial charge on any atom is -0.459 e. The molecule has 0 aromatic carbocycles. The van der Waals surface area contributed by atoms with E-state index in [4.69, 9.17) is 9.47 Å². The van der Waals surface area contributed by atoms with Gasteiger partial charge in [-0.1, -0.05) is 0 Å². The number of nitrogens with zero attached hydrogens (tertiary/aromatic N) is 1. The Morgan fingerprint density at radius 1 is 1.56 bits per heavy atom. The molecule has 5 nitrogen and oxygen atoms in total. The van der Waals surface area contributed by atoms with E-state index in [1.807, 2.05) is 0 Å². The molecular weight excluding hydrogens is 234 g/mol. The van der Waals surface area contributed by atoms with Gasteiger partial charge < -0.3 is 14.0 Å². The van der Waals surface area contributed by atoms with Crippen LogP contribution in [0.5, 0.6) is 0 Å². The van der Waals surface area contributed by atoms with Gasteiger partial charge in [0.25, 0.3) is 5.56 Å². The van der Waals surface area contributed by atoms with Gasteiger partial charge in [-0.3, -0.25) is 4.79 Å². The first kappa shape index (κ1) is 12.8. The molecule has 0 unspecified atom stereocenters. The minimum absolute atomic E-state index is 0.00533. The van der Waals surface area contributed by atoms with Crippen LogP contribution in [0.2, 0.25) is 0 Å². The summed E-state index contributed by atoms with van der Waals surface area (Å²) in [5.74, 6) is -0.470. The average Bonchev–Trinajstić information content (AvgIpc) is 2.40. The molecule has 18 heavy (non-hydrogen) atoms. The molecule has 0 N–H and O–H groups in total. The highest BCUT2D eigenvalue weighted by molar-refractivity contribution is 5.89. The zero-order valence-corrected chi connectivity index (χ0v) is 10.4. The Kier molecular flexibility index (Phi) is 4.15. The summed E-state index contributed by atoms with van der Waals surface area (Å²) in [6.45, 7) is 0.988. The number of pyridine rings is 1. The Morgan fingerprint density at radius 3 is 3.06 bits per heavy atom. The number of hydrogen-bond donors (Lipinski definition) is 0. The molecule has 1 aromatic rings. The molecule has 0 radical (unpaired) electrons. The number of aryl methyl sites for hydroxylation is 1. The Hall–Kier alpha value is -1.62. The summed E-state index contributed by atoms with van der Waals surface area (Å²) in [5, 5.41) is 0. The van der Waals surface area contributed by atoms with Crippen molar-refractivity contribution in [1.29, 1.82) is 0 Å². The summed E-state index contributed by atoms with van der Waals surface area (Å²) in [4.78, 5) is 23.1. The van der Waals surface area contributed by atoms with Gasteiger partial charge in [0.2, 0.25) is 0 Å². The molecule has 0 aliphatic carbocycles. The second-order valence-corrected chi connectivity index (χ2v) is 4.45. The number of hydrogen-bond acceptors (Lipinski definition) is 4. The van der Waals surface area contributed by atoms with E-state index >= 15 is 0 Å². The third-order valence-electron chi connectivity index (χ3n) is 3.01. The third kappa shape index (κ3) is 3.20. The molecule has 98 valence electrons. The molecule has 1 aromatic heterocycles. The molecule has 1 atom stereocenters. The second kappa shape index (κ2) is 5.82. The second-order valence-electron chi connectivity index (χ2n) is 4.45. The van der Waals surface area contributed by atoms with E-state index in [-0.39, 0.29) is 23.8 Å². The number of aromatic nitrogens is 1. The van der Waals surface area contributed by atoms with Gasteiger partial charge in [-0.15, -0.1) is 0 Å². The number of rotatable bonds is 3. The standard InChI is InChI=1S/C13H17NO4/c1-14-6-5-10(8-12(14)15)13(16)18-9-11-4-2-3-7-17-11/h5-6,8,11H,2-4,7,9H2,1H3/t11-/m0/s1. The van der Waals surface area contributed by atoms with Crippen molar-refractivity contribution in [2.45, 2.75) is 25.4 Å². The molecule has 0 spiro atoms. The van der Waals surface area contributed by atoms with Crippen molar-refractivity contribution in [3.05, 3.63) is 34.2 Å². The molecule has 0 bridgehead atoms. The lowest BCUT2D eigenvalue weighted by molar-refractivity contribution is -0.0300. The van der Waals surface area contributed by atoms with Crippen LogP contribution >= 0.6 is 0 Å². The van der Waals surface area contributed by atoms with Gasteiger partial charge >= 0.3 is 5.97 Å². The minimum atomic E-state index is -0.470. The molecule has 1 fully saturated rings. The monoisotopic (exact) mass is 251 g/mol. The molecule has 2 rings (SSSR count). The lowest BCUT2D eigenvalue weighted by Crippen LogP contribution is -2.26. The smallest absolute Gasteiger partial charge is 0.338 e. The normalized spacial score (nSPS) is 19.5. The van der Waals surface area contributed by atoms with Crippen LogP contribution in [0, 0.1) is 0 Å². The molecule has 1 saturated heterocycles. The van der Waals surface area contributed by atoms with Crippen molar-refractivity contribution in [1.82, 2.24) is 4.57 Å². The molecule has 5 heteroatoms. The quantitative estimate of drug-likeness (QED) is 0.755. The summed E-state index contributed by atoms with van der Waals surface area (Å²) in [7, 11) is 1.63. The van der Waals surface area contributed by atoms with Gasteiger partial charge in [0.05, 0.1) is 11.7 Å². The fourth-order valence-corrected chi connectivity index (χ4v) is 1.87. The highest BCUT2D eigenvalue weighted by atomic mass is 16.6. The van der Waals surface area contributed by atoms with Gasteiger partial charge in [-0.05, 0) is 25.3 Å². The lowest BCUT2D eigenvalue weighted by atomic mass is 10.1. The van der Waals surface area contributed by atoms with Crippen LogP contribution in [-0.2, 0) is 16.5 Å². The maximum atomic E-state index is 11.7. The van der Waals surface area contributed by atoms with Crippen molar-refractivity contribution >= 4 is 5.97 Å². The van der Waals surface area contributed by atoms with E-state index in [0.29, 0.717) is 0 Å². The predicted molar refractivity (Wildman–Crippen MR) is 65.6 cm³/mol. The Balaban J connectivity index is 1.90. The van der Waals surface area contributed by atoms with E-state index in [2.05, 4.69) is 0 Å². The number of esters is 1. The van der Waals surface area contributed by atoms with E-state index in [1.165, 1.54) is 10.6 Å². The molecule has 1 aliphatic rings. The first-order valence-electron chi connectivity index (χ1n) is 6.12. The van der Waals surface area contributed by atoms with Gasteiger partial charge in [0.15, 0.2) is 0 Å². The SMILES string of the molecule is Cn1ccc(C(=O)OC[C@@H]2CCCCO2)cc1=O. The van der Waals surface area contributed by atoms with E-state index in [0.717, 1.165) is 25.9 Å². The number of carbonyl (C=O) groups is 1. The van der Waals surface area contributed by atoms with Crippen LogP contribution in [0.25, 0.3) is 0 Å². The zero-order chi connectivity index (χ0) is 13.0. The van der Waals surface area contributed by atoms with Crippen LogP contribution in [0.15, 0.2) is 23.1 Å². The van der Waals surface area contributed by atoms with Crippen LogP contribution in [-0.4, -0.2) is 29.9 Å². The molecule has 1 aliphatic heterocycles. The van der Waals surface area contributed by atoms with Gasteiger partial charge in [-0.2, -0.15) is 0 Å². The molecule has 0 amide bonds. The van der Waals surface area contributed by atoms with Gasteiger partial charge in [0, 0.05) is 25.9 Å². The predicted octanol–water partition coefficient (Wildman–Crippen LogP) is 1.11. The fraction of sp³-hybridized carbons (Fsp3) is 0.538. The Morgan fingerprint density at radius 2 is 2.39 bits per heavy atom. The highest BCUT2D eigenvalue weighted by Gasteiger charge is 2.16. The van der Waals surface area contributed by atoms with E-state index in [1.54, 1.807) is 19.3 Å². The van der Waals surface area contributed by atoms with Crippen molar-refractivity contribution in [3.8, 4) is 0 Å². The highest BCUT2D eigenvalue weighted by Crippen LogP contribution is 2.13. The first-order chi connectivity index (χ1) is 8.66. The maximum absolute atomic E-state index is 11.7. The summed E-state index contributed by atoms with van der Waals surface area (Å²) in [5.41, 5.74) is 0.0623. The maximum Gasteiger partial charge on any atom is 0.338 e. The van der Waals surface area contributed by atoms with Gasteiger partial charge in [-0.25, -0.2) is 4.79 Å². The van der Waals surface area contributed by atoms with Crippen molar-refractivity contribution < 1.29 is 14.3 Å². The number of ether oxygens (including phenoxy) is 2. The Labute approximate surface area is 105 Å². The van der Waals surface area contributed by atoms with Crippen LogP contribution < -0.4 is 5.56 Å². The fourth-order valence-electron chi connectivity index (χ4n) is 1.87. The summed E-state index contributed by atoms with van der Waals surface area (Å²) >= 11 is 0. The van der Waals surface area contributed by atoms with Crippen LogP contribution in [0.3, 0.4) is 0 Å². The molecular formula is C13H17NO4. The largest absolute Gasteiger partial charge is 0.459 e. The average molecular weight is 251 g/mol. The third-order valence-corrected chi connectivity index (χ3v) is 3.01. The van der Waals surface area contributed by atoms with Crippen molar-refractivity contribution in [2.75, 3.05) is 13.2 Å². The summed E-state index contributed by atoms with van der Waals surface area (Å²) < 4.78 is 12.0. The Bertz CT molecular complexity index is 474. The summed E-state index contributed by atoms with van der Waals surface area (Å²) in [6, 6.07) is 2.86. The number of carbonyl (C=O) groups excluding carboxylic acids is 1. The van der Waals surface area contributed by atoms with E-state index < -0.39 is 5.97 Å². The molecule has 0 saturated carbocycles. The topological polar surface area (TPSA) is 57.5 Å². The molecule has 2 heterocycles. The van der Waals surface area contributed by atoms with Crippen molar-refractivity contribution in [3.63, 3.8) is 0 Å². The van der Waals surface area contributed by atoms with Crippen molar-refractivity contribution in [2.24, 2.45) is 7.05 Å². The van der Waals surface area contributed by atoms with Crippen LogP contribution in [0.1, 0.15) is 29.6 Å². The zero-order valence-electron chi connectivity index (χ0n) is 10.4. The lowest BCUT2D eigenvalue weighted by Gasteiger charge is -2.22. The first-order valence-corrected chi connectivity index (χ1v) is 6.12.